The van der Waals surface area contributed by atoms with Crippen molar-refractivity contribution in [1.29, 1.82) is 0 Å². The van der Waals surface area contributed by atoms with Crippen LogP contribution in [0, 0.1) is 5.92 Å². The van der Waals surface area contributed by atoms with Gasteiger partial charge in [-0.05, 0) is 18.8 Å². The molecule has 2 N–H and O–H groups in total. The van der Waals surface area contributed by atoms with Crippen LogP contribution in [0.2, 0.25) is 0 Å². The molecule has 5 nitrogen and oxygen atoms in total. The predicted octanol–water partition coefficient (Wildman–Crippen LogP) is 2.12. The van der Waals surface area contributed by atoms with E-state index in [9.17, 15) is 4.79 Å². The molecule has 0 aromatic carbocycles. The average molecular weight is 237 g/mol. The van der Waals surface area contributed by atoms with Gasteiger partial charge >= 0.3 is 5.97 Å². The largest absolute Gasteiger partial charge is 0.481 e. The second-order valence-electron chi connectivity index (χ2n) is 5.03. The SMILES string of the molecule is CC(CC(=O)O)Cc1nc(C2CCCC2)n[nH]1. The molecule has 1 aromatic rings. The number of nitrogens with zero attached hydrogens (tertiary/aromatic N) is 2. The van der Waals surface area contributed by atoms with Crippen LogP contribution in [0.25, 0.3) is 0 Å². The lowest BCUT2D eigenvalue weighted by molar-refractivity contribution is -0.137. The maximum Gasteiger partial charge on any atom is 0.303 e. The predicted molar refractivity (Wildman–Crippen MR) is 62.7 cm³/mol. The summed E-state index contributed by atoms with van der Waals surface area (Å²) < 4.78 is 0. The number of hydrogen-bond donors (Lipinski definition) is 2. The summed E-state index contributed by atoms with van der Waals surface area (Å²) in [5.41, 5.74) is 0. The first-order valence-corrected chi connectivity index (χ1v) is 6.28. The highest BCUT2D eigenvalue weighted by Gasteiger charge is 2.21. The summed E-state index contributed by atoms with van der Waals surface area (Å²) in [6, 6.07) is 0. The van der Waals surface area contributed by atoms with Crippen molar-refractivity contribution < 1.29 is 9.90 Å². The monoisotopic (exact) mass is 237 g/mol. The van der Waals surface area contributed by atoms with Crippen LogP contribution >= 0.6 is 0 Å². The fraction of sp³-hybridized carbons (Fsp3) is 0.750. The van der Waals surface area contributed by atoms with Crippen LogP contribution in [-0.4, -0.2) is 26.3 Å². The molecule has 0 spiro atoms. The minimum absolute atomic E-state index is 0.0943. The third kappa shape index (κ3) is 3.28. The molecule has 2 rings (SSSR count). The molecule has 1 saturated carbocycles. The lowest BCUT2D eigenvalue weighted by Gasteiger charge is -2.05. The molecule has 0 saturated heterocycles. The van der Waals surface area contributed by atoms with Crippen molar-refractivity contribution in [3.05, 3.63) is 11.6 Å². The summed E-state index contributed by atoms with van der Waals surface area (Å²) in [5, 5.41) is 15.9. The quantitative estimate of drug-likeness (QED) is 0.822. The standard InChI is InChI=1S/C12H19N3O2/c1-8(7-11(16)17)6-10-13-12(15-14-10)9-4-2-3-5-9/h8-9H,2-7H2,1H3,(H,16,17)(H,13,14,15). The van der Waals surface area contributed by atoms with Gasteiger partial charge in [-0.1, -0.05) is 19.8 Å². The van der Waals surface area contributed by atoms with Crippen molar-refractivity contribution in [3.63, 3.8) is 0 Å². The normalized spacial score (nSPS) is 18.4. The van der Waals surface area contributed by atoms with E-state index in [1.54, 1.807) is 0 Å². The second-order valence-corrected chi connectivity index (χ2v) is 5.03. The number of nitrogens with one attached hydrogen (secondary N) is 1. The van der Waals surface area contributed by atoms with E-state index in [4.69, 9.17) is 5.11 Å². The Kier molecular flexibility index (Phi) is 3.76. The summed E-state index contributed by atoms with van der Waals surface area (Å²) >= 11 is 0. The Morgan fingerprint density at radius 2 is 2.24 bits per heavy atom. The van der Waals surface area contributed by atoms with Crippen LogP contribution < -0.4 is 0 Å². The number of hydrogen-bond acceptors (Lipinski definition) is 3. The van der Waals surface area contributed by atoms with Crippen LogP contribution in [0.3, 0.4) is 0 Å². The number of H-pyrrole nitrogens is 1. The van der Waals surface area contributed by atoms with E-state index in [0.29, 0.717) is 12.3 Å². The zero-order valence-electron chi connectivity index (χ0n) is 10.1. The third-order valence-corrected chi connectivity index (χ3v) is 3.33. The highest BCUT2D eigenvalue weighted by molar-refractivity contribution is 5.66. The van der Waals surface area contributed by atoms with Crippen LogP contribution in [-0.2, 0) is 11.2 Å². The molecule has 1 fully saturated rings. The molecule has 1 unspecified atom stereocenters. The topological polar surface area (TPSA) is 78.9 Å². The van der Waals surface area contributed by atoms with E-state index in [2.05, 4.69) is 15.2 Å². The van der Waals surface area contributed by atoms with E-state index in [-0.39, 0.29) is 12.3 Å². The van der Waals surface area contributed by atoms with Gasteiger partial charge in [0.1, 0.15) is 5.82 Å². The zero-order chi connectivity index (χ0) is 12.3. The fourth-order valence-corrected chi connectivity index (χ4v) is 2.47. The minimum Gasteiger partial charge on any atom is -0.481 e. The van der Waals surface area contributed by atoms with Crippen molar-refractivity contribution in [1.82, 2.24) is 15.2 Å². The van der Waals surface area contributed by atoms with Gasteiger partial charge in [-0.3, -0.25) is 9.89 Å². The van der Waals surface area contributed by atoms with Crippen molar-refractivity contribution in [2.75, 3.05) is 0 Å². The Balaban J connectivity index is 1.91. The number of carbonyl (C=O) groups is 1. The molecule has 0 bridgehead atoms. The molecule has 0 aliphatic heterocycles. The van der Waals surface area contributed by atoms with Crippen LogP contribution in [0.4, 0.5) is 0 Å². The third-order valence-electron chi connectivity index (χ3n) is 3.33. The van der Waals surface area contributed by atoms with Crippen molar-refractivity contribution in [2.45, 2.75) is 51.4 Å². The van der Waals surface area contributed by atoms with E-state index in [0.717, 1.165) is 11.6 Å². The van der Waals surface area contributed by atoms with Crippen LogP contribution in [0.5, 0.6) is 0 Å². The van der Waals surface area contributed by atoms with Gasteiger partial charge in [0.05, 0.1) is 0 Å². The maximum atomic E-state index is 10.6. The van der Waals surface area contributed by atoms with E-state index < -0.39 is 5.97 Å². The Morgan fingerprint density at radius 1 is 1.53 bits per heavy atom. The molecule has 94 valence electrons. The van der Waals surface area contributed by atoms with E-state index in [1.165, 1.54) is 25.7 Å². The maximum absolute atomic E-state index is 10.6. The molecule has 1 aliphatic carbocycles. The summed E-state index contributed by atoms with van der Waals surface area (Å²) in [7, 11) is 0. The number of carboxylic acid groups (broad SMARTS) is 1. The summed E-state index contributed by atoms with van der Waals surface area (Å²) in [6.45, 7) is 1.92. The van der Waals surface area contributed by atoms with Gasteiger partial charge in [0.2, 0.25) is 0 Å². The smallest absolute Gasteiger partial charge is 0.303 e. The van der Waals surface area contributed by atoms with Gasteiger partial charge in [0, 0.05) is 18.8 Å². The highest BCUT2D eigenvalue weighted by Crippen LogP contribution is 2.31. The van der Waals surface area contributed by atoms with Gasteiger partial charge < -0.3 is 5.11 Å². The van der Waals surface area contributed by atoms with Gasteiger partial charge in [-0.15, -0.1) is 0 Å². The first-order chi connectivity index (χ1) is 8.15. The number of aliphatic carboxylic acids is 1. The number of aromatic amines is 1. The van der Waals surface area contributed by atoms with Crippen molar-refractivity contribution in [3.8, 4) is 0 Å². The van der Waals surface area contributed by atoms with Crippen LogP contribution in [0.15, 0.2) is 0 Å². The Morgan fingerprint density at radius 3 is 2.88 bits per heavy atom. The fourth-order valence-electron chi connectivity index (χ4n) is 2.47. The number of rotatable bonds is 5. The molecule has 1 aromatic heterocycles. The lowest BCUT2D eigenvalue weighted by Crippen LogP contribution is -2.08. The van der Waals surface area contributed by atoms with Crippen LogP contribution in [0.1, 0.15) is 56.6 Å². The molecule has 1 heterocycles. The molecule has 17 heavy (non-hydrogen) atoms. The molecular weight excluding hydrogens is 218 g/mol. The number of carboxylic acids is 1. The molecule has 1 atom stereocenters. The van der Waals surface area contributed by atoms with E-state index in [1.807, 2.05) is 6.92 Å². The molecule has 0 amide bonds. The molecule has 5 heteroatoms. The van der Waals surface area contributed by atoms with Crippen molar-refractivity contribution >= 4 is 5.97 Å². The van der Waals surface area contributed by atoms with Gasteiger partial charge in [-0.2, -0.15) is 5.10 Å². The molecular formula is C12H19N3O2. The van der Waals surface area contributed by atoms with Gasteiger partial charge in [0.25, 0.3) is 0 Å². The average Bonchev–Trinajstić information content (AvgIpc) is 2.84. The van der Waals surface area contributed by atoms with Gasteiger partial charge in [-0.25, -0.2) is 4.98 Å². The first kappa shape index (κ1) is 12.1. The highest BCUT2D eigenvalue weighted by atomic mass is 16.4. The lowest BCUT2D eigenvalue weighted by atomic mass is 10.0. The summed E-state index contributed by atoms with van der Waals surface area (Å²) in [4.78, 5) is 15.0. The first-order valence-electron chi connectivity index (χ1n) is 6.28. The molecule has 0 radical (unpaired) electrons. The van der Waals surface area contributed by atoms with Crippen molar-refractivity contribution in [2.24, 2.45) is 5.92 Å². The number of aromatic nitrogens is 3. The van der Waals surface area contributed by atoms with E-state index >= 15 is 0 Å². The second kappa shape index (κ2) is 5.29. The molecule has 1 aliphatic rings. The zero-order valence-corrected chi connectivity index (χ0v) is 10.1. The summed E-state index contributed by atoms with van der Waals surface area (Å²) in [5.74, 6) is 1.58. The Bertz CT molecular complexity index is 383. The Hall–Kier alpha value is -1.39. The van der Waals surface area contributed by atoms with Gasteiger partial charge in [0.15, 0.2) is 5.82 Å². The minimum atomic E-state index is -0.756. The summed E-state index contributed by atoms with van der Waals surface area (Å²) in [6.07, 6.45) is 5.74. The Labute approximate surface area is 101 Å².